The highest BCUT2D eigenvalue weighted by atomic mass is 35.5. The number of carbonyl (C=O) groups is 2. The average molecular weight is 333 g/mol. The second-order valence-electron chi connectivity index (χ2n) is 5.10. The molecule has 1 aromatic heterocycles. The van der Waals surface area contributed by atoms with Gasteiger partial charge in [-0.3, -0.25) is 4.79 Å². The molecule has 3 N–H and O–H groups in total. The zero-order valence-electron chi connectivity index (χ0n) is 12.2. The van der Waals surface area contributed by atoms with Crippen LogP contribution in [0.25, 0.3) is 0 Å². The molecule has 0 bridgehead atoms. The van der Waals surface area contributed by atoms with Crippen LogP contribution in [0.5, 0.6) is 0 Å². The number of carbonyl (C=O) groups excluding carboxylic acids is 1. The van der Waals surface area contributed by atoms with E-state index in [1.807, 2.05) is 13.0 Å². The number of hydrogen-bond donors (Lipinski definition) is 3. The molecule has 118 valence electrons. The van der Waals surface area contributed by atoms with Gasteiger partial charge in [0.05, 0.1) is 16.8 Å². The van der Waals surface area contributed by atoms with E-state index in [4.69, 9.17) is 16.7 Å². The molecule has 1 heterocycles. The molecule has 0 aromatic carbocycles. The lowest BCUT2D eigenvalue weighted by Gasteiger charge is -2.15. The third-order valence-electron chi connectivity index (χ3n) is 3.13. The Bertz CT molecular complexity index is 479. The van der Waals surface area contributed by atoms with Gasteiger partial charge in [-0.2, -0.15) is 0 Å². The van der Waals surface area contributed by atoms with Crippen molar-refractivity contribution in [1.29, 1.82) is 0 Å². The molecular formula is C14H21ClN2O3S. The maximum absolute atomic E-state index is 11.7. The van der Waals surface area contributed by atoms with Crippen LogP contribution in [0.1, 0.15) is 38.0 Å². The minimum atomic E-state index is -0.775. The predicted octanol–water partition coefficient (Wildman–Crippen LogP) is 3.48. The number of halogens is 1. The van der Waals surface area contributed by atoms with Crippen LogP contribution in [0.2, 0.25) is 4.34 Å². The van der Waals surface area contributed by atoms with Crippen molar-refractivity contribution in [3.05, 3.63) is 21.3 Å². The first kappa shape index (κ1) is 17.8. The van der Waals surface area contributed by atoms with Crippen LogP contribution in [0.4, 0.5) is 4.79 Å². The van der Waals surface area contributed by atoms with E-state index in [1.165, 1.54) is 11.3 Å². The molecule has 0 aliphatic heterocycles. The second kappa shape index (κ2) is 8.89. The summed E-state index contributed by atoms with van der Waals surface area (Å²) in [6.45, 7) is 4.05. The molecule has 0 saturated heterocycles. The third kappa shape index (κ3) is 7.34. The van der Waals surface area contributed by atoms with Crippen molar-refractivity contribution in [1.82, 2.24) is 10.6 Å². The Morgan fingerprint density at radius 1 is 1.33 bits per heavy atom. The molecule has 1 rings (SSSR count). The molecule has 2 atom stereocenters. The summed E-state index contributed by atoms with van der Waals surface area (Å²) in [5.74, 6) is -1.11. The minimum absolute atomic E-state index is 0.0120. The first-order valence-corrected chi connectivity index (χ1v) is 8.09. The quantitative estimate of drug-likeness (QED) is 0.682. The lowest BCUT2D eigenvalue weighted by molar-refractivity contribution is -0.141. The lowest BCUT2D eigenvalue weighted by atomic mass is 10.0. The van der Waals surface area contributed by atoms with Gasteiger partial charge in [-0.25, -0.2) is 4.79 Å². The van der Waals surface area contributed by atoms with Crippen LogP contribution >= 0.6 is 22.9 Å². The fourth-order valence-electron chi connectivity index (χ4n) is 1.81. The standard InChI is InChI=1S/C14H21ClN2O3S/c1-9(13(18)19)4-3-5-10(2)17-14(20)16-8-11-6-7-12(15)21-11/h6-7,9-10H,3-5,8H2,1-2H3,(H,18,19)(H2,16,17,20). The summed E-state index contributed by atoms with van der Waals surface area (Å²) in [6.07, 6.45) is 2.15. The number of aliphatic carboxylic acids is 1. The third-order valence-corrected chi connectivity index (χ3v) is 4.36. The Hall–Kier alpha value is -1.27. The highest BCUT2D eigenvalue weighted by molar-refractivity contribution is 7.16. The number of thiophene rings is 1. The Morgan fingerprint density at radius 3 is 2.62 bits per heavy atom. The van der Waals surface area contributed by atoms with E-state index in [-0.39, 0.29) is 18.0 Å². The van der Waals surface area contributed by atoms with Crippen molar-refractivity contribution in [2.75, 3.05) is 0 Å². The summed E-state index contributed by atoms with van der Waals surface area (Å²) < 4.78 is 0.702. The predicted molar refractivity (Wildman–Crippen MR) is 84.8 cm³/mol. The maximum atomic E-state index is 11.7. The molecular weight excluding hydrogens is 312 g/mol. The lowest BCUT2D eigenvalue weighted by Crippen LogP contribution is -2.40. The Balaban J connectivity index is 2.17. The number of nitrogens with one attached hydrogen (secondary N) is 2. The van der Waals surface area contributed by atoms with Crippen LogP contribution < -0.4 is 10.6 Å². The first-order chi connectivity index (χ1) is 9.88. The van der Waals surface area contributed by atoms with E-state index < -0.39 is 5.97 Å². The van der Waals surface area contributed by atoms with Gasteiger partial charge in [0.25, 0.3) is 0 Å². The summed E-state index contributed by atoms with van der Waals surface area (Å²) in [5.41, 5.74) is 0. The van der Waals surface area contributed by atoms with Gasteiger partial charge in [0, 0.05) is 10.9 Å². The molecule has 21 heavy (non-hydrogen) atoms. The Kier molecular flexibility index (Phi) is 7.53. The topological polar surface area (TPSA) is 78.4 Å². The zero-order valence-corrected chi connectivity index (χ0v) is 13.8. The minimum Gasteiger partial charge on any atom is -0.481 e. The van der Waals surface area contributed by atoms with Gasteiger partial charge < -0.3 is 15.7 Å². The largest absolute Gasteiger partial charge is 0.481 e. The molecule has 2 unspecified atom stereocenters. The summed E-state index contributed by atoms with van der Waals surface area (Å²) in [6, 6.07) is 3.47. The number of hydrogen-bond acceptors (Lipinski definition) is 3. The fraction of sp³-hybridized carbons (Fsp3) is 0.571. The van der Waals surface area contributed by atoms with Gasteiger partial charge in [-0.1, -0.05) is 24.9 Å². The molecule has 0 fully saturated rings. The monoisotopic (exact) mass is 332 g/mol. The summed E-state index contributed by atoms with van der Waals surface area (Å²) in [4.78, 5) is 23.4. The van der Waals surface area contributed by atoms with Crippen LogP contribution in [0.15, 0.2) is 12.1 Å². The van der Waals surface area contributed by atoms with Gasteiger partial charge in [0.15, 0.2) is 0 Å². The van der Waals surface area contributed by atoms with Crippen molar-refractivity contribution in [3.8, 4) is 0 Å². The van der Waals surface area contributed by atoms with Crippen LogP contribution in [-0.2, 0) is 11.3 Å². The van der Waals surface area contributed by atoms with E-state index in [0.29, 0.717) is 17.3 Å². The van der Waals surface area contributed by atoms with Crippen molar-refractivity contribution in [2.45, 2.75) is 45.7 Å². The number of amides is 2. The van der Waals surface area contributed by atoms with Crippen LogP contribution in [-0.4, -0.2) is 23.1 Å². The summed E-state index contributed by atoms with van der Waals surface area (Å²) in [5, 5.41) is 14.4. The highest BCUT2D eigenvalue weighted by Crippen LogP contribution is 2.20. The second-order valence-corrected chi connectivity index (χ2v) is 6.90. The van der Waals surface area contributed by atoms with Crippen LogP contribution in [0, 0.1) is 5.92 Å². The van der Waals surface area contributed by atoms with E-state index >= 15 is 0 Å². The SMILES string of the molecule is CC(CCCC(C)C(=O)O)NC(=O)NCc1ccc(Cl)s1. The van der Waals surface area contributed by atoms with E-state index in [9.17, 15) is 9.59 Å². The van der Waals surface area contributed by atoms with Gasteiger partial charge in [-0.05, 0) is 31.9 Å². The fourth-order valence-corrected chi connectivity index (χ4v) is 2.84. The average Bonchev–Trinajstić information content (AvgIpc) is 2.82. The number of urea groups is 1. The summed E-state index contributed by atoms with van der Waals surface area (Å²) >= 11 is 7.25. The first-order valence-electron chi connectivity index (χ1n) is 6.90. The molecule has 0 aliphatic rings. The molecule has 0 radical (unpaired) electrons. The van der Waals surface area contributed by atoms with E-state index in [1.54, 1.807) is 13.0 Å². The highest BCUT2D eigenvalue weighted by Gasteiger charge is 2.12. The van der Waals surface area contributed by atoms with E-state index in [2.05, 4.69) is 10.6 Å². The van der Waals surface area contributed by atoms with E-state index in [0.717, 1.165) is 17.7 Å². The van der Waals surface area contributed by atoms with Gasteiger partial charge in [-0.15, -0.1) is 11.3 Å². The maximum Gasteiger partial charge on any atom is 0.315 e. The van der Waals surface area contributed by atoms with Crippen molar-refractivity contribution in [2.24, 2.45) is 5.92 Å². The van der Waals surface area contributed by atoms with Crippen LogP contribution in [0.3, 0.4) is 0 Å². The molecule has 0 aliphatic carbocycles. The van der Waals surface area contributed by atoms with Gasteiger partial charge in [0.2, 0.25) is 0 Å². The number of rotatable bonds is 8. The molecule has 7 heteroatoms. The smallest absolute Gasteiger partial charge is 0.315 e. The molecule has 5 nitrogen and oxygen atoms in total. The van der Waals surface area contributed by atoms with Crippen molar-refractivity contribution in [3.63, 3.8) is 0 Å². The molecule has 0 spiro atoms. The molecule has 0 saturated carbocycles. The summed E-state index contributed by atoms with van der Waals surface area (Å²) in [7, 11) is 0. The zero-order chi connectivity index (χ0) is 15.8. The number of carboxylic acids is 1. The molecule has 2 amide bonds. The van der Waals surface area contributed by atoms with Crippen molar-refractivity contribution >= 4 is 34.9 Å². The normalized spacial score (nSPS) is 13.5. The number of carboxylic acid groups (broad SMARTS) is 1. The van der Waals surface area contributed by atoms with Gasteiger partial charge >= 0.3 is 12.0 Å². The molecule has 1 aromatic rings. The van der Waals surface area contributed by atoms with Crippen molar-refractivity contribution < 1.29 is 14.7 Å². The Labute approximate surface area is 133 Å². The van der Waals surface area contributed by atoms with Gasteiger partial charge in [0.1, 0.15) is 0 Å². The Morgan fingerprint density at radius 2 is 2.05 bits per heavy atom.